The molecule has 1 N–H and O–H groups in total. The summed E-state index contributed by atoms with van der Waals surface area (Å²) in [6.45, 7) is 3.65. The lowest BCUT2D eigenvalue weighted by Gasteiger charge is -2.07. The number of aromatic nitrogens is 1. The van der Waals surface area contributed by atoms with Gasteiger partial charge in [0.1, 0.15) is 11.6 Å². The second-order valence-electron chi connectivity index (χ2n) is 3.25. The van der Waals surface area contributed by atoms with Gasteiger partial charge in [0.2, 0.25) is 5.88 Å². The van der Waals surface area contributed by atoms with Crippen molar-refractivity contribution in [2.24, 2.45) is 0 Å². The van der Waals surface area contributed by atoms with E-state index >= 15 is 0 Å². The third kappa shape index (κ3) is 4.35. The number of hydrogen-bond donors (Lipinski definition) is 1. The maximum Gasteiger partial charge on any atom is 0.232 e. The predicted octanol–water partition coefficient (Wildman–Crippen LogP) is 2.03. The summed E-state index contributed by atoms with van der Waals surface area (Å²) in [4.78, 5) is 4.00. The van der Waals surface area contributed by atoms with Crippen molar-refractivity contribution >= 4 is 11.6 Å². The van der Waals surface area contributed by atoms with Crippen LogP contribution < -0.4 is 4.74 Å². The molecule has 1 heterocycles. The molecule has 0 amide bonds. The number of hydrogen-bond acceptors (Lipinski definition) is 4. The Balaban J connectivity index is 2.36. The van der Waals surface area contributed by atoms with Crippen LogP contribution in [0.4, 0.5) is 0 Å². The third-order valence-corrected chi connectivity index (χ3v) is 2.13. The summed E-state index contributed by atoms with van der Waals surface area (Å²) in [5, 5.41) is 9.27. The van der Waals surface area contributed by atoms with E-state index in [1.807, 2.05) is 6.92 Å². The van der Waals surface area contributed by atoms with Crippen LogP contribution in [0.2, 0.25) is 5.02 Å². The fourth-order valence-electron chi connectivity index (χ4n) is 1.10. The Kier molecular flexibility index (Phi) is 6.15. The van der Waals surface area contributed by atoms with Crippen molar-refractivity contribution in [1.82, 2.24) is 4.98 Å². The van der Waals surface area contributed by atoms with Gasteiger partial charge in [0.25, 0.3) is 0 Å². The van der Waals surface area contributed by atoms with Crippen LogP contribution in [0.15, 0.2) is 12.3 Å². The zero-order chi connectivity index (χ0) is 11.8. The van der Waals surface area contributed by atoms with Gasteiger partial charge in [0.05, 0.1) is 13.2 Å². The molecule has 0 atom stereocenters. The monoisotopic (exact) mass is 245 g/mol. The molecule has 4 nitrogen and oxygen atoms in total. The largest absolute Gasteiger partial charge is 0.474 e. The standard InChI is InChI=1S/C11H16ClNO3/c1-2-3-15-4-5-16-11-10(12)6-9(8-14)7-13-11/h6-7,14H,2-5,8H2,1H3. The quantitative estimate of drug-likeness (QED) is 0.747. The first-order valence-corrected chi connectivity index (χ1v) is 5.61. The van der Waals surface area contributed by atoms with E-state index in [1.54, 1.807) is 6.07 Å². The minimum Gasteiger partial charge on any atom is -0.474 e. The molecule has 90 valence electrons. The summed E-state index contributed by atoms with van der Waals surface area (Å²) in [6, 6.07) is 1.64. The molecule has 0 aliphatic rings. The van der Waals surface area contributed by atoms with Gasteiger partial charge in [-0.1, -0.05) is 18.5 Å². The Morgan fingerprint density at radius 1 is 1.38 bits per heavy atom. The van der Waals surface area contributed by atoms with E-state index in [-0.39, 0.29) is 6.61 Å². The van der Waals surface area contributed by atoms with Crippen LogP contribution >= 0.6 is 11.6 Å². The number of halogens is 1. The molecule has 0 aliphatic heterocycles. The first-order valence-electron chi connectivity index (χ1n) is 5.23. The first-order chi connectivity index (χ1) is 7.77. The second-order valence-corrected chi connectivity index (χ2v) is 3.66. The van der Waals surface area contributed by atoms with Crippen LogP contribution in [0, 0.1) is 0 Å². The predicted molar refractivity (Wildman–Crippen MR) is 61.8 cm³/mol. The Morgan fingerprint density at radius 2 is 2.19 bits per heavy atom. The van der Waals surface area contributed by atoms with Gasteiger partial charge in [-0.15, -0.1) is 0 Å². The van der Waals surface area contributed by atoms with Crippen molar-refractivity contribution in [2.45, 2.75) is 20.0 Å². The fraction of sp³-hybridized carbons (Fsp3) is 0.545. The summed E-state index contributed by atoms with van der Waals surface area (Å²) >= 11 is 5.91. The molecular weight excluding hydrogens is 230 g/mol. The van der Waals surface area contributed by atoms with Gasteiger partial charge in [-0.05, 0) is 18.1 Å². The van der Waals surface area contributed by atoms with Gasteiger partial charge in [-0.3, -0.25) is 0 Å². The number of ether oxygens (including phenoxy) is 2. The lowest BCUT2D eigenvalue weighted by atomic mass is 10.3. The lowest BCUT2D eigenvalue weighted by molar-refractivity contribution is 0.0990. The molecule has 0 saturated heterocycles. The van der Waals surface area contributed by atoms with Crippen LogP contribution in [0.25, 0.3) is 0 Å². The third-order valence-electron chi connectivity index (χ3n) is 1.86. The van der Waals surface area contributed by atoms with Crippen molar-refractivity contribution in [1.29, 1.82) is 0 Å². The topological polar surface area (TPSA) is 51.6 Å². The molecule has 0 unspecified atom stereocenters. The number of pyridine rings is 1. The second kappa shape index (κ2) is 7.44. The Labute approximate surface area is 100 Å². The van der Waals surface area contributed by atoms with Gasteiger partial charge in [0, 0.05) is 12.8 Å². The molecule has 0 bridgehead atoms. The van der Waals surface area contributed by atoms with E-state index in [4.69, 9.17) is 26.2 Å². The molecule has 1 aromatic rings. The summed E-state index contributed by atoms with van der Waals surface area (Å²) in [5.74, 6) is 0.374. The smallest absolute Gasteiger partial charge is 0.232 e. The molecule has 0 aliphatic carbocycles. The fourth-order valence-corrected chi connectivity index (χ4v) is 1.34. The lowest BCUT2D eigenvalue weighted by Crippen LogP contribution is -2.08. The maximum absolute atomic E-state index is 8.87. The van der Waals surface area contributed by atoms with Crippen LogP contribution in [0.1, 0.15) is 18.9 Å². The van der Waals surface area contributed by atoms with E-state index in [9.17, 15) is 0 Å². The number of rotatable bonds is 7. The van der Waals surface area contributed by atoms with Crippen LogP contribution in [-0.2, 0) is 11.3 Å². The van der Waals surface area contributed by atoms with Crippen molar-refractivity contribution in [2.75, 3.05) is 19.8 Å². The maximum atomic E-state index is 8.87. The Morgan fingerprint density at radius 3 is 2.81 bits per heavy atom. The number of nitrogens with zero attached hydrogens (tertiary/aromatic N) is 1. The van der Waals surface area contributed by atoms with E-state index in [0.717, 1.165) is 13.0 Å². The van der Waals surface area contributed by atoms with Crippen LogP contribution in [0.5, 0.6) is 5.88 Å². The number of aliphatic hydroxyl groups excluding tert-OH is 1. The van der Waals surface area contributed by atoms with Gasteiger partial charge in [-0.25, -0.2) is 4.98 Å². The van der Waals surface area contributed by atoms with Crippen molar-refractivity contribution in [3.05, 3.63) is 22.8 Å². The van der Waals surface area contributed by atoms with Crippen molar-refractivity contribution in [3.8, 4) is 5.88 Å². The van der Waals surface area contributed by atoms with Crippen molar-refractivity contribution < 1.29 is 14.6 Å². The summed E-state index contributed by atoms with van der Waals surface area (Å²) in [7, 11) is 0. The highest BCUT2D eigenvalue weighted by molar-refractivity contribution is 6.31. The van der Waals surface area contributed by atoms with Crippen molar-refractivity contribution in [3.63, 3.8) is 0 Å². The van der Waals surface area contributed by atoms with E-state index in [1.165, 1.54) is 6.20 Å². The van der Waals surface area contributed by atoms with Gasteiger partial charge < -0.3 is 14.6 Å². The summed E-state index contributed by atoms with van der Waals surface area (Å²) in [6.07, 6.45) is 2.53. The molecule has 16 heavy (non-hydrogen) atoms. The highest BCUT2D eigenvalue weighted by atomic mass is 35.5. The Hall–Kier alpha value is -0.840. The van der Waals surface area contributed by atoms with E-state index in [2.05, 4.69) is 4.98 Å². The van der Waals surface area contributed by atoms with Gasteiger partial charge in [-0.2, -0.15) is 0 Å². The van der Waals surface area contributed by atoms with E-state index < -0.39 is 0 Å². The Bertz CT molecular complexity index is 320. The average Bonchev–Trinajstić information content (AvgIpc) is 2.30. The zero-order valence-corrected chi connectivity index (χ0v) is 10.0. The molecule has 0 spiro atoms. The molecule has 1 rings (SSSR count). The summed E-state index contributed by atoms with van der Waals surface area (Å²) < 4.78 is 10.6. The molecule has 0 radical (unpaired) electrons. The zero-order valence-electron chi connectivity index (χ0n) is 9.28. The summed E-state index contributed by atoms with van der Waals surface area (Å²) in [5.41, 5.74) is 0.666. The average molecular weight is 246 g/mol. The number of aliphatic hydroxyl groups is 1. The van der Waals surface area contributed by atoms with Crippen LogP contribution in [-0.4, -0.2) is 29.9 Å². The first kappa shape index (κ1) is 13.2. The minimum absolute atomic E-state index is 0.0768. The van der Waals surface area contributed by atoms with Crippen LogP contribution in [0.3, 0.4) is 0 Å². The SMILES string of the molecule is CCCOCCOc1ncc(CO)cc1Cl. The molecule has 5 heteroatoms. The molecule has 1 aromatic heterocycles. The molecular formula is C11H16ClNO3. The molecule has 0 aromatic carbocycles. The molecule has 0 saturated carbocycles. The van der Waals surface area contributed by atoms with Gasteiger partial charge in [0.15, 0.2) is 0 Å². The highest BCUT2D eigenvalue weighted by Crippen LogP contribution is 2.22. The van der Waals surface area contributed by atoms with E-state index in [0.29, 0.717) is 29.7 Å². The molecule has 0 fully saturated rings. The normalized spacial score (nSPS) is 10.4. The minimum atomic E-state index is -0.0768. The highest BCUT2D eigenvalue weighted by Gasteiger charge is 2.04. The van der Waals surface area contributed by atoms with Gasteiger partial charge >= 0.3 is 0 Å².